The smallest absolute Gasteiger partial charge is 0.0589 e. The van der Waals surface area contributed by atoms with E-state index in [2.05, 4.69) is 37.5 Å². The lowest BCUT2D eigenvalue weighted by atomic mass is 9.97. The largest absolute Gasteiger partial charge is 0.271 e. The van der Waals surface area contributed by atoms with Crippen molar-refractivity contribution in [2.75, 3.05) is 17.3 Å². The molecule has 0 radical (unpaired) electrons. The topological polar surface area (TPSA) is 38.0 Å². The highest BCUT2D eigenvalue weighted by molar-refractivity contribution is 8.06. The predicted molar refractivity (Wildman–Crippen MR) is 79.6 cm³/mol. The van der Waals surface area contributed by atoms with Crippen molar-refractivity contribution in [1.82, 2.24) is 5.43 Å². The maximum atomic E-state index is 5.78. The van der Waals surface area contributed by atoms with Gasteiger partial charge in [0.1, 0.15) is 0 Å². The minimum absolute atomic E-state index is 0.271. The van der Waals surface area contributed by atoms with E-state index in [9.17, 15) is 0 Å². The van der Waals surface area contributed by atoms with Gasteiger partial charge >= 0.3 is 0 Å². The van der Waals surface area contributed by atoms with Gasteiger partial charge in [0, 0.05) is 22.5 Å². The summed E-state index contributed by atoms with van der Waals surface area (Å²) in [7, 11) is 0. The first kappa shape index (κ1) is 13.3. The number of nitrogens with two attached hydrogens (primary N) is 1. The van der Waals surface area contributed by atoms with Crippen LogP contribution in [0.15, 0.2) is 18.2 Å². The lowest BCUT2D eigenvalue weighted by Gasteiger charge is -2.30. The van der Waals surface area contributed by atoms with E-state index in [1.807, 2.05) is 23.5 Å². The number of thioether (sulfide) groups is 2. The summed E-state index contributed by atoms with van der Waals surface area (Å²) < 4.78 is 0. The highest BCUT2D eigenvalue weighted by Crippen LogP contribution is 2.34. The Bertz CT molecular complexity index is 376. The van der Waals surface area contributed by atoms with Gasteiger partial charge < -0.3 is 0 Å². The van der Waals surface area contributed by atoms with E-state index < -0.39 is 0 Å². The van der Waals surface area contributed by atoms with Gasteiger partial charge in [-0.3, -0.25) is 11.3 Å². The van der Waals surface area contributed by atoms with Crippen LogP contribution in [-0.2, 0) is 0 Å². The second kappa shape index (κ2) is 6.14. The molecule has 2 atom stereocenters. The molecule has 1 aliphatic rings. The van der Waals surface area contributed by atoms with E-state index in [0.29, 0.717) is 5.25 Å². The summed E-state index contributed by atoms with van der Waals surface area (Å²) in [5.41, 5.74) is 7.01. The van der Waals surface area contributed by atoms with Crippen molar-refractivity contribution in [2.45, 2.75) is 25.1 Å². The molecule has 0 amide bonds. The molecular formula is C13H20N2S2. The van der Waals surface area contributed by atoms with Crippen molar-refractivity contribution in [1.29, 1.82) is 0 Å². The number of hydrogen-bond donors (Lipinski definition) is 2. The van der Waals surface area contributed by atoms with E-state index in [-0.39, 0.29) is 6.04 Å². The van der Waals surface area contributed by atoms with Crippen LogP contribution < -0.4 is 11.3 Å². The number of aryl methyl sites for hydroxylation is 2. The molecule has 1 aliphatic heterocycles. The average Bonchev–Trinajstić information content (AvgIpc) is 2.36. The summed E-state index contributed by atoms with van der Waals surface area (Å²) >= 11 is 4.08. The molecule has 0 aromatic heterocycles. The number of hydrazine groups is 1. The molecule has 1 saturated heterocycles. The fourth-order valence-corrected chi connectivity index (χ4v) is 5.03. The molecule has 1 heterocycles. The fraction of sp³-hybridized carbons (Fsp3) is 0.538. The SMILES string of the molecule is Cc1ccc(C)c(C(NN)C2CSCCS2)c1. The summed E-state index contributed by atoms with van der Waals surface area (Å²) in [6.45, 7) is 4.30. The Hall–Kier alpha value is -0.160. The van der Waals surface area contributed by atoms with Crippen LogP contribution in [0, 0.1) is 13.8 Å². The molecule has 0 aliphatic carbocycles. The van der Waals surface area contributed by atoms with Crippen molar-refractivity contribution >= 4 is 23.5 Å². The summed E-state index contributed by atoms with van der Waals surface area (Å²) in [4.78, 5) is 0. The van der Waals surface area contributed by atoms with Crippen molar-refractivity contribution in [3.8, 4) is 0 Å². The molecule has 0 saturated carbocycles. The first-order chi connectivity index (χ1) is 8.22. The van der Waals surface area contributed by atoms with Gasteiger partial charge in [-0.2, -0.15) is 23.5 Å². The van der Waals surface area contributed by atoms with Crippen molar-refractivity contribution in [2.24, 2.45) is 5.84 Å². The molecule has 1 fully saturated rings. The minimum atomic E-state index is 0.271. The molecule has 2 rings (SSSR count). The quantitative estimate of drug-likeness (QED) is 0.653. The summed E-state index contributed by atoms with van der Waals surface area (Å²) in [5.74, 6) is 9.47. The van der Waals surface area contributed by atoms with Crippen LogP contribution in [0.25, 0.3) is 0 Å². The zero-order chi connectivity index (χ0) is 12.3. The van der Waals surface area contributed by atoms with E-state index in [1.165, 1.54) is 33.9 Å². The Balaban J connectivity index is 2.24. The van der Waals surface area contributed by atoms with Crippen LogP contribution in [0.2, 0.25) is 0 Å². The molecular weight excluding hydrogens is 248 g/mol. The van der Waals surface area contributed by atoms with Crippen LogP contribution in [0.5, 0.6) is 0 Å². The molecule has 2 unspecified atom stereocenters. The van der Waals surface area contributed by atoms with E-state index in [1.54, 1.807) is 0 Å². The first-order valence-corrected chi connectivity index (χ1v) is 8.15. The lowest BCUT2D eigenvalue weighted by Crippen LogP contribution is -2.38. The molecule has 0 bridgehead atoms. The molecule has 17 heavy (non-hydrogen) atoms. The van der Waals surface area contributed by atoms with Gasteiger partial charge in [-0.05, 0) is 25.0 Å². The van der Waals surface area contributed by atoms with E-state index >= 15 is 0 Å². The molecule has 1 aromatic carbocycles. The number of rotatable bonds is 3. The van der Waals surface area contributed by atoms with E-state index in [4.69, 9.17) is 5.84 Å². The molecule has 4 heteroatoms. The third-order valence-electron chi connectivity index (χ3n) is 3.16. The normalized spacial score (nSPS) is 22.4. The Morgan fingerprint density at radius 3 is 2.82 bits per heavy atom. The zero-order valence-corrected chi connectivity index (χ0v) is 12.0. The number of benzene rings is 1. The van der Waals surface area contributed by atoms with Gasteiger partial charge in [0.25, 0.3) is 0 Å². The highest BCUT2D eigenvalue weighted by Gasteiger charge is 2.26. The van der Waals surface area contributed by atoms with Gasteiger partial charge in [-0.25, -0.2) is 0 Å². The zero-order valence-electron chi connectivity index (χ0n) is 10.4. The molecule has 94 valence electrons. The third-order valence-corrected chi connectivity index (χ3v) is 6.03. The first-order valence-electron chi connectivity index (χ1n) is 5.95. The Morgan fingerprint density at radius 2 is 2.18 bits per heavy atom. The van der Waals surface area contributed by atoms with Crippen LogP contribution in [-0.4, -0.2) is 22.5 Å². The second-order valence-corrected chi connectivity index (χ2v) is 6.99. The van der Waals surface area contributed by atoms with Crippen LogP contribution in [0.1, 0.15) is 22.7 Å². The number of hydrogen-bond acceptors (Lipinski definition) is 4. The maximum absolute atomic E-state index is 5.78. The van der Waals surface area contributed by atoms with Crippen LogP contribution in [0.4, 0.5) is 0 Å². The Labute approximate surface area is 112 Å². The van der Waals surface area contributed by atoms with Crippen molar-refractivity contribution in [3.63, 3.8) is 0 Å². The number of nitrogens with one attached hydrogen (secondary N) is 1. The fourth-order valence-electron chi connectivity index (χ4n) is 2.19. The van der Waals surface area contributed by atoms with Crippen LogP contribution in [0.3, 0.4) is 0 Å². The monoisotopic (exact) mass is 268 g/mol. The molecule has 2 nitrogen and oxygen atoms in total. The highest BCUT2D eigenvalue weighted by atomic mass is 32.2. The Kier molecular flexibility index (Phi) is 4.79. The van der Waals surface area contributed by atoms with Crippen LogP contribution >= 0.6 is 23.5 Å². The summed E-state index contributed by atoms with van der Waals surface area (Å²) in [6, 6.07) is 6.89. The van der Waals surface area contributed by atoms with Gasteiger partial charge in [0.2, 0.25) is 0 Å². The second-order valence-electron chi connectivity index (χ2n) is 4.49. The van der Waals surface area contributed by atoms with E-state index in [0.717, 1.165) is 0 Å². The van der Waals surface area contributed by atoms with Gasteiger partial charge in [-0.15, -0.1) is 0 Å². The summed E-state index contributed by atoms with van der Waals surface area (Å²) in [6.07, 6.45) is 0. The molecule has 1 aromatic rings. The van der Waals surface area contributed by atoms with Gasteiger partial charge in [-0.1, -0.05) is 23.8 Å². The predicted octanol–water partition coefficient (Wildman–Crippen LogP) is 2.66. The Morgan fingerprint density at radius 1 is 1.35 bits per heavy atom. The lowest BCUT2D eigenvalue weighted by molar-refractivity contribution is 0.550. The standard InChI is InChI=1S/C13H20N2S2/c1-9-3-4-10(2)11(7-9)13(15-14)12-8-16-5-6-17-12/h3-4,7,12-13,15H,5-6,8,14H2,1-2H3. The minimum Gasteiger partial charge on any atom is -0.271 e. The van der Waals surface area contributed by atoms with Crippen molar-refractivity contribution in [3.05, 3.63) is 34.9 Å². The molecule has 3 N–H and O–H groups in total. The van der Waals surface area contributed by atoms with Crippen molar-refractivity contribution < 1.29 is 0 Å². The molecule has 0 spiro atoms. The third kappa shape index (κ3) is 3.19. The van der Waals surface area contributed by atoms with Gasteiger partial charge in [0.15, 0.2) is 0 Å². The maximum Gasteiger partial charge on any atom is 0.0589 e. The van der Waals surface area contributed by atoms with Gasteiger partial charge in [0.05, 0.1) is 6.04 Å². The average molecular weight is 268 g/mol. The summed E-state index contributed by atoms with van der Waals surface area (Å²) in [5, 5.41) is 0.583.